The molecule has 0 amide bonds. The predicted octanol–water partition coefficient (Wildman–Crippen LogP) is 2.50. The molecular formula is C14H10N2O2. The second-order valence-electron chi connectivity index (χ2n) is 3.57. The van der Waals surface area contributed by atoms with Gasteiger partial charge in [0.15, 0.2) is 0 Å². The number of benzene rings is 1. The van der Waals surface area contributed by atoms with Gasteiger partial charge in [0.05, 0.1) is 5.56 Å². The number of pyridine rings is 1. The summed E-state index contributed by atoms with van der Waals surface area (Å²) in [6.45, 7) is 0. The summed E-state index contributed by atoms with van der Waals surface area (Å²) in [6, 6.07) is 13.9. The number of ether oxygens (including phenoxy) is 1. The van der Waals surface area contributed by atoms with Crippen LogP contribution in [0.5, 0.6) is 0 Å². The van der Waals surface area contributed by atoms with E-state index in [0.29, 0.717) is 11.1 Å². The molecule has 4 nitrogen and oxygen atoms in total. The first-order chi connectivity index (χ1) is 8.81. The van der Waals surface area contributed by atoms with Crippen LogP contribution in [0.25, 0.3) is 0 Å². The highest BCUT2D eigenvalue weighted by molar-refractivity contribution is 5.89. The van der Waals surface area contributed by atoms with E-state index in [1.54, 1.807) is 48.7 Å². The van der Waals surface area contributed by atoms with Crippen LogP contribution in [0.15, 0.2) is 54.9 Å². The maximum absolute atomic E-state index is 11.8. The Balaban J connectivity index is 2.14. The zero-order valence-electron chi connectivity index (χ0n) is 9.48. The number of hydrogen-bond donors (Lipinski definition) is 0. The quantitative estimate of drug-likeness (QED) is 0.771. The van der Waals surface area contributed by atoms with Crippen molar-refractivity contribution < 1.29 is 9.53 Å². The van der Waals surface area contributed by atoms with Crippen LogP contribution >= 0.6 is 0 Å². The van der Waals surface area contributed by atoms with E-state index in [-0.39, 0.29) is 0 Å². The average molecular weight is 238 g/mol. The molecule has 0 saturated carbocycles. The Hall–Kier alpha value is -2.67. The lowest BCUT2D eigenvalue weighted by Crippen LogP contribution is -2.10. The molecule has 0 radical (unpaired) electrons. The van der Waals surface area contributed by atoms with E-state index in [1.807, 2.05) is 6.07 Å². The molecule has 1 atom stereocenters. The summed E-state index contributed by atoms with van der Waals surface area (Å²) in [5.74, 6) is -0.522. The molecule has 88 valence electrons. The van der Waals surface area contributed by atoms with Gasteiger partial charge in [-0.25, -0.2) is 4.79 Å². The van der Waals surface area contributed by atoms with Crippen LogP contribution in [0.1, 0.15) is 22.0 Å². The number of carbonyl (C=O) groups is 1. The molecule has 0 aliphatic rings. The topological polar surface area (TPSA) is 63.0 Å². The number of hydrogen-bond acceptors (Lipinski definition) is 4. The van der Waals surface area contributed by atoms with Crippen LogP contribution in [0.3, 0.4) is 0 Å². The van der Waals surface area contributed by atoms with E-state index in [1.165, 1.54) is 6.20 Å². The largest absolute Gasteiger partial charge is 0.438 e. The highest BCUT2D eigenvalue weighted by Gasteiger charge is 2.17. The van der Waals surface area contributed by atoms with E-state index >= 15 is 0 Å². The Morgan fingerprint density at radius 1 is 1.22 bits per heavy atom. The third-order valence-electron chi connectivity index (χ3n) is 2.34. The van der Waals surface area contributed by atoms with Crippen molar-refractivity contribution >= 4 is 5.97 Å². The van der Waals surface area contributed by atoms with Gasteiger partial charge in [0.25, 0.3) is 0 Å². The molecule has 18 heavy (non-hydrogen) atoms. The molecule has 2 rings (SSSR count). The molecule has 2 aromatic rings. The normalized spacial score (nSPS) is 11.3. The maximum atomic E-state index is 11.8. The van der Waals surface area contributed by atoms with Gasteiger partial charge in [-0.3, -0.25) is 4.98 Å². The fourth-order valence-electron chi connectivity index (χ4n) is 1.45. The summed E-state index contributed by atoms with van der Waals surface area (Å²) in [7, 11) is 0. The minimum Gasteiger partial charge on any atom is -0.438 e. The number of esters is 1. The Labute approximate surface area is 104 Å². The standard InChI is InChI=1S/C14H10N2O2/c15-9-13(12-7-4-8-16-10-12)18-14(17)11-5-2-1-3-6-11/h1-8,10,13H. The minimum absolute atomic E-state index is 0.418. The van der Waals surface area contributed by atoms with Crippen LogP contribution in [0.2, 0.25) is 0 Å². The van der Waals surface area contributed by atoms with Crippen LogP contribution in [0, 0.1) is 11.3 Å². The summed E-state index contributed by atoms with van der Waals surface area (Å²) < 4.78 is 5.13. The van der Waals surface area contributed by atoms with Crippen molar-refractivity contribution in [1.82, 2.24) is 4.98 Å². The van der Waals surface area contributed by atoms with E-state index in [9.17, 15) is 4.79 Å². The van der Waals surface area contributed by atoms with Gasteiger partial charge in [-0.2, -0.15) is 5.26 Å². The molecule has 1 unspecified atom stereocenters. The van der Waals surface area contributed by atoms with E-state index < -0.39 is 12.1 Å². The molecule has 0 aliphatic carbocycles. The highest BCUT2D eigenvalue weighted by Crippen LogP contribution is 2.17. The Kier molecular flexibility index (Phi) is 3.67. The SMILES string of the molecule is N#CC(OC(=O)c1ccccc1)c1cccnc1. The summed E-state index contributed by atoms with van der Waals surface area (Å²) in [4.78, 5) is 15.7. The van der Waals surface area contributed by atoms with E-state index in [0.717, 1.165) is 0 Å². The molecule has 0 bridgehead atoms. The minimum atomic E-state index is -0.939. The lowest BCUT2D eigenvalue weighted by molar-refractivity contribution is 0.0404. The Morgan fingerprint density at radius 3 is 2.61 bits per heavy atom. The van der Waals surface area contributed by atoms with Crippen LogP contribution in [-0.2, 0) is 4.74 Å². The number of carbonyl (C=O) groups excluding carboxylic acids is 1. The molecule has 0 spiro atoms. The van der Waals surface area contributed by atoms with Crippen molar-refractivity contribution in [1.29, 1.82) is 5.26 Å². The zero-order chi connectivity index (χ0) is 12.8. The van der Waals surface area contributed by atoms with E-state index in [2.05, 4.69) is 4.98 Å². The van der Waals surface area contributed by atoms with Crippen LogP contribution in [-0.4, -0.2) is 11.0 Å². The molecule has 0 N–H and O–H groups in total. The molecule has 1 aromatic carbocycles. The van der Waals surface area contributed by atoms with Crippen molar-refractivity contribution in [3.63, 3.8) is 0 Å². The van der Waals surface area contributed by atoms with Crippen LogP contribution < -0.4 is 0 Å². The first-order valence-corrected chi connectivity index (χ1v) is 5.37. The second kappa shape index (κ2) is 5.60. The van der Waals surface area contributed by atoms with Crippen molar-refractivity contribution in [2.45, 2.75) is 6.10 Å². The number of nitrogens with zero attached hydrogens (tertiary/aromatic N) is 2. The smallest absolute Gasteiger partial charge is 0.339 e. The third-order valence-corrected chi connectivity index (χ3v) is 2.34. The number of nitriles is 1. The Morgan fingerprint density at radius 2 is 2.00 bits per heavy atom. The van der Waals surface area contributed by atoms with Gasteiger partial charge in [-0.1, -0.05) is 24.3 Å². The molecule has 1 heterocycles. The molecule has 0 saturated heterocycles. The summed E-state index contributed by atoms with van der Waals surface area (Å²) in [5, 5.41) is 9.02. The monoisotopic (exact) mass is 238 g/mol. The van der Waals surface area contributed by atoms with Crippen LogP contribution in [0.4, 0.5) is 0 Å². The Bertz CT molecular complexity index is 561. The maximum Gasteiger partial charge on any atom is 0.339 e. The molecule has 0 aliphatic heterocycles. The lowest BCUT2D eigenvalue weighted by Gasteiger charge is -2.10. The average Bonchev–Trinajstić information content (AvgIpc) is 2.46. The summed E-state index contributed by atoms with van der Waals surface area (Å²) >= 11 is 0. The lowest BCUT2D eigenvalue weighted by atomic mass is 10.2. The fraction of sp³-hybridized carbons (Fsp3) is 0.0714. The number of aromatic nitrogens is 1. The zero-order valence-corrected chi connectivity index (χ0v) is 9.48. The first-order valence-electron chi connectivity index (χ1n) is 5.37. The number of rotatable bonds is 3. The van der Waals surface area contributed by atoms with Crippen molar-refractivity contribution in [2.75, 3.05) is 0 Å². The molecule has 0 fully saturated rings. The second-order valence-corrected chi connectivity index (χ2v) is 3.57. The van der Waals surface area contributed by atoms with Gasteiger partial charge >= 0.3 is 5.97 Å². The van der Waals surface area contributed by atoms with Gasteiger partial charge in [-0.05, 0) is 18.2 Å². The molecular weight excluding hydrogens is 228 g/mol. The first kappa shape index (κ1) is 11.8. The van der Waals surface area contributed by atoms with Gasteiger partial charge in [-0.15, -0.1) is 0 Å². The van der Waals surface area contributed by atoms with Gasteiger partial charge in [0, 0.05) is 18.0 Å². The van der Waals surface area contributed by atoms with Gasteiger partial charge in [0.2, 0.25) is 6.10 Å². The van der Waals surface area contributed by atoms with Gasteiger partial charge in [0.1, 0.15) is 6.07 Å². The molecule has 4 heteroatoms. The van der Waals surface area contributed by atoms with Crippen molar-refractivity contribution in [3.05, 3.63) is 66.0 Å². The highest BCUT2D eigenvalue weighted by atomic mass is 16.5. The predicted molar refractivity (Wildman–Crippen MR) is 64.4 cm³/mol. The van der Waals surface area contributed by atoms with Crippen molar-refractivity contribution in [2.24, 2.45) is 0 Å². The molecule has 1 aromatic heterocycles. The summed E-state index contributed by atoms with van der Waals surface area (Å²) in [5.41, 5.74) is 0.978. The fourth-order valence-corrected chi connectivity index (χ4v) is 1.45. The van der Waals surface area contributed by atoms with E-state index in [4.69, 9.17) is 10.00 Å². The van der Waals surface area contributed by atoms with Crippen molar-refractivity contribution in [3.8, 4) is 6.07 Å². The van der Waals surface area contributed by atoms with Gasteiger partial charge < -0.3 is 4.74 Å². The third kappa shape index (κ3) is 2.71. The summed E-state index contributed by atoms with van der Waals surface area (Å²) in [6.07, 6.45) is 2.16.